The number of para-hydroxylation sites is 1. The number of furan rings is 1. The molecule has 1 saturated heterocycles. The normalized spacial score (nSPS) is 26.6. The molecule has 3 aliphatic carbocycles. The van der Waals surface area contributed by atoms with Crippen LogP contribution in [0.4, 0.5) is 4.79 Å². The summed E-state index contributed by atoms with van der Waals surface area (Å²) in [5.41, 5.74) is 1.83. The van der Waals surface area contributed by atoms with Crippen LogP contribution in [-0.4, -0.2) is 88.7 Å². The maximum Gasteiger partial charge on any atom is 0.408 e. The maximum absolute atomic E-state index is 14.8. The average Bonchev–Trinajstić information content (AvgIpc) is 4.06. The Kier molecular flexibility index (Phi) is 11.5. The van der Waals surface area contributed by atoms with Gasteiger partial charge in [0.25, 0.3) is 11.8 Å². The average molecular weight is 867 g/mol. The predicted molar refractivity (Wildman–Crippen MR) is 230 cm³/mol. The van der Waals surface area contributed by atoms with Gasteiger partial charge in [-0.1, -0.05) is 75.2 Å². The van der Waals surface area contributed by atoms with E-state index in [0.29, 0.717) is 60.5 Å². The molecule has 2 aromatic heterocycles. The van der Waals surface area contributed by atoms with Crippen molar-refractivity contribution in [2.24, 2.45) is 5.92 Å². The lowest BCUT2D eigenvalue weighted by molar-refractivity contribution is -0.141. The zero-order valence-electron chi connectivity index (χ0n) is 35.1. The molecule has 2 aliphatic heterocycles. The van der Waals surface area contributed by atoms with Crippen molar-refractivity contribution in [1.82, 2.24) is 30.2 Å². The Morgan fingerprint density at radius 1 is 0.935 bits per heavy atom. The fraction of sp³-hybridized carbons (Fsp3) is 0.522. The van der Waals surface area contributed by atoms with Crippen molar-refractivity contribution in [2.75, 3.05) is 6.54 Å². The highest BCUT2D eigenvalue weighted by atomic mass is 32.2. The Hall–Kier alpha value is -5.51. The molecule has 15 nitrogen and oxygen atoms in total. The highest BCUT2D eigenvalue weighted by Gasteiger charge is 2.62. The van der Waals surface area contributed by atoms with Crippen molar-refractivity contribution < 1.29 is 41.5 Å². The number of nitrogens with one attached hydrogen (secondary N) is 3. The molecule has 62 heavy (non-hydrogen) atoms. The van der Waals surface area contributed by atoms with Gasteiger partial charge in [0, 0.05) is 23.3 Å². The number of fused-ring (bicyclic) bond motifs is 5. The second-order valence-corrected chi connectivity index (χ2v) is 19.9. The van der Waals surface area contributed by atoms with E-state index in [2.05, 4.69) is 29.2 Å². The molecule has 9 rings (SSSR count). The van der Waals surface area contributed by atoms with Gasteiger partial charge in [-0.15, -0.1) is 0 Å². The quantitative estimate of drug-likeness (QED) is 0.154. The zero-order valence-corrected chi connectivity index (χ0v) is 36.0. The van der Waals surface area contributed by atoms with Gasteiger partial charge in [-0.2, -0.15) is 4.98 Å². The number of nitrogens with zero attached hydrogens (tertiary/aromatic N) is 3. The van der Waals surface area contributed by atoms with Crippen LogP contribution < -0.4 is 20.1 Å². The second-order valence-electron chi connectivity index (χ2n) is 17.9. The van der Waals surface area contributed by atoms with Crippen molar-refractivity contribution in [3.8, 4) is 17.3 Å². The molecule has 5 aliphatic rings. The van der Waals surface area contributed by atoms with E-state index in [1.165, 1.54) is 4.90 Å². The fourth-order valence-corrected chi connectivity index (χ4v) is 10.5. The van der Waals surface area contributed by atoms with Crippen LogP contribution in [0.5, 0.6) is 5.88 Å². The van der Waals surface area contributed by atoms with E-state index in [1.807, 2.05) is 60.7 Å². The number of ether oxygens (including phenoxy) is 2. The van der Waals surface area contributed by atoms with E-state index < -0.39 is 68.7 Å². The predicted octanol–water partition coefficient (Wildman–Crippen LogP) is 6.56. The third-order valence-corrected chi connectivity index (χ3v) is 14.8. The number of allylic oxidation sites excluding steroid dienone is 1. The largest absolute Gasteiger partial charge is 0.470 e. The number of rotatable bonds is 9. The van der Waals surface area contributed by atoms with Gasteiger partial charge >= 0.3 is 6.09 Å². The van der Waals surface area contributed by atoms with E-state index >= 15 is 0 Å². The van der Waals surface area contributed by atoms with Gasteiger partial charge in [-0.25, -0.2) is 18.2 Å². The SMILES string of the molecule is CC(C)c1ccc(-c2nc(O[C@@H]3C[C@H]4C(=O)N[C@]5(C(=O)NS(=O)(=O)C6CC6)C[C@H]5/C=C\CCCCC[C@H](NC(=O)OC5CCCC5)C(=O)N4C3)c3oc4ccccc4c3n2)cc1. The summed E-state index contributed by atoms with van der Waals surface area (Å²) in [6.45, 7) is 4.18. The van der Waals surface area contributed by atoms with Crippen molar-refractivity contribution in [3.05, 3.63) is 66.2 Å². The Balaban J connectivity index is 1.05. The number of sulfonamides is 1. The van der Waals surface area contributed by atoms with Crippen molar-refractivity contribution in [1.29, 1.82) is 0 Å². The van der Waals surface area contributed by atoms with Crippen LogP contribution in [0.15, 0.2) is 65.1 Å². The van der Waals surface area contributed by atoms with Gasteiger partial charge in [0.05, 0.1) is 11.8 Å². The van der Waals surface area contributed by atoms with Crippen LogP contribution in [0.1, 0.15) is 109 Å². The number of benzene rings is 2. The van der Waals surface area contributed by atoms with Crippen LogP contribution in [0, 0.1) is 5.92 Å². The van der Waals surface area contributed by atoms with Crippen LogP contribution in [-0.2, 0) is 29.1 Å². The summed E-state index contributed by atoms with van der Waals surface area (Å²) in [5, 5.41) is 5.88. The van der Waals surface area contributed by atoms with Gasteiger partial charge in [0.2, 0.25) is 27.4 Å². The number of amides is 4. The lowest BCUT2D eigenvalue weighted by atomic mass is 10.0. The molecule has 2 aromatic carbocycles. The van der Waals surface area contributed by atoms with Crippen molar-refractivity contribution in [3.63, 3.8) is 0 Å². The third kappa shape index (κ3) is 8.62. The van der Waals surface area contributed by atoms with Crippen LogP contribution in [0.25, 0.3) is 33.5 Å². The maximum atomic E-state index is 14.8. The zero-order chi connectivity index (χ0) is 43.2. The Morgan fingerprint density at radius 2 is 1.69 bits per heavy atom. The Labute approximate surface area is 360 Å². The molecule has 4 heterocycles. The molecule has 328 valence electrons. The van der Waals surface area contributed by atoms with Crippen molar-refractivity contribution in [2.45, 2.75) is 138 Å². The lowest BCUT2D eigenvalue weighted by Gasteiger charge is -2.30. The highest BCUT2D eigenvalue weighted by molar-refractivity contribution is 7.91. The minimum absolute atomic E-state index is 0.000461. The standard InChI is InChI=1S/C46H54N6O9S/c1-27(2)28-18-20-29(21-19-28)40-48-38-34-15-10-11-17-37(34)61-39(38)42(49-40)59-32-24-36-41(53)50-46(44(55)51-62(57,58)33-22-23-33)25-30(46)12-6-4-3-5-7-16-35(43(54)52(36)26-32)47-45(56)60-31-13-8-9-14-31/h6,10-12,15,17-21,27,30-33,35-36H,3-5,7-9,13-14,16,22-26H2,1-2H3,(H,47,56)(H,50,53)(H,51,55)/b12-6-/t30-,32-,35+,36+,46-/m1/s1. The van der Waals surface area contributed by atoms with Gasteiger partial charge < -0.3 is 29.4 Å². The van der Waals surface area contributed by atoms with Crippen LogP contribution in [0.3, 0.4) is 0 Å². The lowest BCUT2D eigenvalue weighted by Crippen LogP contribution is -2.58. The number of carbonyl (C=O) groups is 4. The molecule has 16 heteroatoms. The number of alkyl carbamates (subject to hydrolysis) is 1. The fourth-order valence-electron chi connectivity index (χ4n) is 9.13. The molecule has 4 amide bonds. The van der Waals surface area contributed by atoms with Gasteiger partial charge in [-0.3, -0.25) is 19.1 Å². The van der Waals surface area contributed by atoms with E-state index in [0.717, 1.165) is 55.0 Å². The molecular weight excluding hydrogens is 813 g/mol. The van der Waals surface area contributed by atoms with Crippen LogP contribution in [0.2, 0.25) is 0 Å². The summed E-state index contributed by atoms with van der Waals surface area (Å²) in [7, 11) is -3.92. The smallest absolute Gasteiger partial charge is 0.408 e. The first kappa shape index (κ1) is 41.8. The van der Waals surface area contributed by atoms with Gasteiger partial charge in [0.1, 0.15) is 40.9 Å². The summed E-state index contributed by atoms with van der Waals surface area (Å²) in [5.74, 6) is -1.49. The van der Waals surface area contributed by atoms with Gasteiger partial charge in [-0.05, 0) is 87.8 Å². The van der Waals surface area contributed by atoms with E-state index in [1.54, 1.807) is 0 Å². The highest BCUT2D eigenvalue weighted by Crippen LogP contribution is 2.46. The molecule has 3 N–H and O–H groups in total. The summed E-state index contributed by atoms with van der Waals surface area (Å²) in [4.78, 5) is 67.9. The Bertz CT molecular complexity index is 2510. The van der Waals surface area contributed by atoms with E-state index in [-0.39, 0.29) is 31.4 Å². The number of aromatic nitrogens is 2. The Morgan fingerprint density at radius 3 is 2.45 bits per heavy atom. The molecule has 4 aromatic rings. The molecule has 4 fully saturated rings. The molecule has 0 radical (unpaired) electrons. The summed E-state index contributed by atoms with van der Waals surface area (Å²) >= 11 is 0. The van der Waals surface area contributed by atoms with E-state index in [4.69, 9.17) is 23.9 Å². The first-order valence-electron chi connectivity index (χ1n) is 22.2. The molecule has 0 bridgehead atoms. The molecule has 0 spiro atoms. The topological polar surface area (TPSA) is 199 Å². The number of carbonyl (C=O) groups excluding carboxylic acids is 4. The first-order chi connectivity index (χ1) is 29.9. The summed E-state index contributed by atoms with van der Waals surface area (Å²) in [6, 6.07) is 13.3. The number of hydrogen-bond donors (Lipinski definition) is 3. The third-order valence-electron chi connectivity index (χ3n) is 13.0. The van der Waals surface area contributed by atoms with Gasteiger partial charge in [0.15, 0.2) is 5.82 Å². The van der Waals surface area contributed by atoms with Crippen LogP contribution >= 0.6 is 0 Å². The molecular formula is C46H54N6O9S. The van der Waals surface area contributed by atoms with Crippen molar-refractivity contribution >= 4 is 55.9 Å². The summed E-state index contributed by atoms with van der Waals surface area (Å²) in [6.07, 6.45) is 9.91. The van der Waals surface area contributed by atoms with E-state index in [9.17, 15) is 27.6 Å². The molecule has 5 atom stereocenters. The minimum atomic E-state index is -3.92. The molecule has 3 saturated carbocycles. The second kappa shape index (κ2) is 17.0. The summed E-state index contributed by atoms with van der Waals surface area (Å²) < 4.78 is 46.9. The first-order valence-corrected chi connectivity index (χ1v) is 23.7. The number of hydrogen-bond acceptors (Lipinski definition) is 11. The minimum Gasteiger partial charge on any atom is -0.470 e. The molecule has 0 unspecified atom stereocenters. The monoisotopic (exact) mass is 866 g/mol.